The Kier molecular flexibility index (Phi) is 5.30. The van der Waals surface area contributed by atoms with Crippen molar-refractivity contribution < 1.29 is 0 Å². The lowest BCUT2D eigenvalue weighted by molar-refractivity contribution is 0.417. The Labute approximate surface area is 104 Å². The van der Waals surface area contributed by atoms with E-state index in [0.29, 0.717) is 0 Å². The SMILES string of the molecule is Br/C(I)=C(\I)C1CCCCC1. The number of allylic oxidation sites excluding steroid dienone is 1. The monoisotopic (exact) mass is 440 g/mol. The van der Waals surface area contributed by atoms with Crippen molar-refractivity contribution in [2.45, 2.75) is 32.1 Å². The van der Waals surface area contributed by atoms with Crippen molar-refractivity contribution in [3.05, 3.63) is 6.07 Å². The molecule has 1 rings (SSSR count). The van der Waals surface area contributed by atoms with E-state index in [1.165, 1.54) is 38.2 Å². The summed E-state index contributed by atoms with van der Waals surface area (Å²) in [6.07, 6.45) is 7.09. The first-order chi connectivity index (χ1) is 5.22. The molecule has 0 atom stereocenters. The number of hydrogen-bond donors (Lipinski definition) is 0. The minimum Gasteiger partial charge on any atom is -0.0533 e. The lowest BCUT2D eigenvalue weighted by atomic mass is 9.90. The van der Waals surface area contributed by atoms with Crippen LogP contribution < -0.4 is 0 Å². The highest BCUT2D eigenvalue weighted by atomic mass is 127. The van der Waals surface area contributed by atoms with Gasteiger partial charge in [0.2, 0.25) is 0 Å². The standard InChI is InChI=1S/C8H11BrI2/c9-8(11)7(10)6-4-2-1-3-5-6/h6H,1-5H2/b8-7+. The molecule has 0 N–H and O–H groups in total. The van der Waals surface area contributed by atoms with Crippen molar-refractivity contribution in [3.8, 4) is 0 Å². The molecule has 1 fully saturated rings. The number of halogens is 3. The Balaban J connectivity index is 2.52. The van der Waals surface area contributed by atoms with Gasteiger partial charge in [0, 0.05) is 3.58 Å². The lowest BCUT2D eigenvalue weighted by Gasteiger charge is -2.21. The van der Waals surface area contributed by atoms with E-state index in [1.807, 2.05) is 0 Å². The van der Waals surface area contributed by atoms with Crippen LogP contribution in [0.5, 0.6) is 0 Å². The smallest absolute Gasteiger partial charge is 0.0533 e. The third-order valence-corrected chi connectivity index (χ3v) is 6.35. The zero-order valence-electron chi connectivity index (χ0n) is 6.25. The van der Waals surface area contributed by atoms with E-state index < -0.39 is 0 Å². The van der Waals surface area contributed by atoms with Gasteiger partial charge in [-0.25, -0.2) is 0 Å². The topological polar surface area (TPSA) is 0 Å². The maximum atomic E-state index is 3.53. The van der Waals surface area contributed by atoms with Crippen LogP contribution in [0.3, 0.4) is 0 Å². The fraction of sp³-hybridized carbons (Fsp3) is 0.750. The van der Waals surface area contributed by atoms with Gasteiger partial charge in [-0.1, -0.05) is 19.3 Å². The Morgan fingerprint density at radius 1 is 1.09 bits per heavy atom. The molecule has 0 aromatic rings. The molecule has 0 spiro atoms. The Hall–Kier alpha value is 1.68. The lowest BCUT2D eigenvalue weighted by Crippen LogP contribution is -2.05. The van der Waals surface area contributed by atoms with E-state index in [0.717, 1.165) is 5.92 Å². The molecule has 0 aliphatic heterocycles. The molecule has 0 unspecified atom stereocenters. The van der Waals surface area contributed by atoms with Gasteiger partial charge in [0.25, 0.3) is 0 Å². The van der Waals surface area contributed by atoms with Crippen molar-refractivity contribution >= 4 is 61.1 Å². The average molecular weight is 441 g/mol. The molecule has 0 heterocycles. The second kappa shape index (κ2) is 5.42. The molecule has 1 aliphatic carbocycles. The predicted octanol–water partition coefficient (Wildman–Crippen LogP) is 5.00. The molecule has 11 heavy (non-hydrogen) atoms. The molecule has 1 aliphatic rings. The van der Waals surface area contributed by atoms with E-state index >= 15 is 0 Å². The van der Waals surface area contributed by atoms with Gasteiger partial charge >= 0.3 is 0 Å². The van der Waals surface area contributed by atoms with Crippen LogP contribution in [0.1, 0.15) is 32.1 Å². The molecule has 3 heteroatoms. The molecule has 0 aromatic carbocycles. The minimum atomic E-state index is 0.857. The van der Waals surface area contributed by atoms with E-state index in [-0.39, 0.29) is 0 Å². The fourth-order valence-corrected chi connectivity index (χ4v) is 2.90. The van der Waals surface area contributed by atoms with Crippen LogP contribution in [0.4, 0.5) is 0 Å². The maximum absolute atomic E-state index is 3.53. The molecule has 0 radical (unpaired) electrons. The predicted molar refractivity (Wildman–Crippen MR) is 70.6 cm³/mol. The summed E-state index contributed by atoms with van der Waals surface area (Å²) in [6.45, 7) is 0. The van der Waals surface area contributed by atoms with Gasteiger partial charge in [0.1, 0.15) is 0 Å². The molecule has 64 valence electrons. The van der Waals surface area contributed by atoms with Gasteiger partial charge in [0.05, 0.1) is 2.49 Å². The molecular formula is C8H11BrI2. The van der Waals surface area contributed by atoms with Crippen molar-refractivity contribution in [3.63, 3.8) is 0 Å². The average Bonchev–Trinajstić information content (AvgIpc) is 2.05. The Morgan fingerprint density at radius 3 is 2.09 bits per heavy atom. The molecule has 0 saturated heterocycles. The quantitative estimate of drug-likeness (QED) is 0.503. The first kappa shape index (κ1) is 10.8. The molecule has 0 bridgehead atoms. The Bertz CT molecular complexity index is 155. The van der Waals surface area contributed by atoms with Crippen molar-refractivity contribution in [1.82, 2.24) is 0 Å². The molecule has 0 aromatic heterocycles. The number of rotatable bonds is 1. The van der Waals surface area contributed by atoms with E-state index in [1.54, 1.807) is 0 Å². The zero-order valence-corrected chi connectivity index (χ0v) is 12.1. The van der Waals surface area contributed by atoms with Crippen molar-refractivity contribution in [2.75, 3.05) is 0 Å². The highest BCUT2D eigenvalue weighted by Gasteiger charge is 2.17. The van der Waals surface area contributed by atoms with Crippen LogP contribution >= 0.6 is 61.1 Å². The largest absolute Gasteiger partial charge is 0.0654 e. The van der Waals surface area contributed by atoms with Crippen LogP contribution in [0.2, 0.25) is 0 Å². The minimum absolute atomic E-state index is 0.857. The van der Waals surface area contributed by atoms with Crippen molar-refractivity contribution in [2.24, 2.45) is 5.92 Å². The van der Waals surface area contributed by atoms with Gasteiger partial charge in [-0.2, -0.15) is 0 Å². The Morgan fingerprint density at radius 2 is 1.64 bits per heavy atom. The first-order valence-electron chi connectivity index (χ1n) is 3.92. The summed E-state index contributed by atoms with van der Waals surface area (Å²) in [5, 5.41) is 0. The zero-order chi connectivity index (χ0) is 8.27. The summed E-state index contributed by atoms with van der Waals surface area (Å²) in [5.41, 5.74) is 0. The summed E-state index contributed by atoms with van der Waals surface area (Å²) < 4.78 is 2.84. The van der Waals surface area contributed by atoms with Crippen LogP contribution in [-0.2, 0) is 0 Å². The van der Waals surface area contributed by atoms with Gasteiger partial charge in [-0.3, -0.25) is 0 Å². The second-order valence-electron chi connectivity index (χ2n) is 2.94. The van der Waals surface area contributed by atoms with Gasteiger partial charge in [-0.05, 0) is 79.9 Å². The van der Waals surface area contributed by atoms with Gasteiger partial charge in [-0.15, -0.1) is 0 Å². The van der Waals surface area contributed by atoms with E-state index in [2.05, 4.69) is 61.1 Å². The summed E-state index contributed by atoms with van der Waals surface area (Å²) in [5.74, 6) is 0.857. The molecule has 1 saturated carbocycles. The van der Waals surface area contributed by atoms with Crippen LogP contribution in [0.25, 0.3) is 0 Å². The van der Waals surface area contributed by atoms with Crippen molar-refractivity contribution in [1.29, 1.82) is 0 Å². The van der Waals surface area contributed by atoms with Crippen LogP contribution in [0.15, 0.2) is 6.07 Å². The van der Waals surface area contributed by atoms with E-state index in [4.69, 9.17) is 0 Å². The summed E-state index contributed by atoms with van der Waals surface area (Å²) in [4.78, 5) is 0. The second-order valence-corrected chi connectivity index (χ2v) is 7.46. The summed E-state index contributed by atoms with van der Waals surface area (Å²) >= 11 is 8.37. The van der Waals surface area contributed by atoms with Crippen LogP contribution in [0, 0.1) is 5.92 Å². The molecule has 0 nitrogen and oxygen atoms in total. The summed E-state index contributed by atoms with van der Waals surface area (Å²) in [6, 6.07) is 0. The van der Waals surface area contributed by atoms with Gasteiger partial charge in [0.15, 0.2) is 0 Å². The highest BCUT2D eigenvalue weighted by molar-refractivity contribution is 14.1. The highest BCUT2D eigenvalue weighted by Crippen LogP contribution is 2.38. The maximum Gasteiger partial charge on any atom is 0.0654 e. The van der Waals surface area contributed by atoms with Gasteiger partial charge < -0.3 is 0 Å². The normalized spacial score (nSPS) is 23.2. The summed E-state index contributed by atoms with van der Waals surface area (Å²) in [7, 11) is 0. The third kappa shape index (κ3) is 3.50. The molecular weight excluding hydrogens is 430 g/mol. The first-order valence-corrected chi connectivity index (χ1v) is 6.87. The third-order valence-electron chi connectivity index (χ3n) is 2.14. The molecule has 0 amide bonds. The van der Waals surface area contributed by atoms with Crippen LogP contribution in [-0.4, -0.2) is 0 Å². The fourth-order valence-electron chi connectivity index (χ4n) is 1.51. The van der Waals surface area contributed by atoms with E-state index in [9.17, 15) is 0 Å². The number of hydrogen-bond acceptors (Lipinski definition) is 0.